The van der Waals surface area contributed by atoms with E-state index in [0.717, 1.165) is 30.8 Å². The summed E-state index contributed by atoms with van der Waals surface area (Å²) in [6.07, 6.45) is 0.977. The highest BCUT2D eigenvalue weighted by Gasteiger charge is 2.20. The molecule has 20 heavy (non-hydrogen) atoms. The van der Waals surface area contributed by atoms with Gasteiger partial charge in [0.1, 0.15) is 5.82 Å². The molecule has 1 aromatic heterocycles. The summed E-state index contributed by atoms with van der Waals surface area (Å²) in [7, 11) is 0. The smallest absolute Gasteiger partial charge is 0.125 e. The summed E-state index contributed by atoms with van der Waals surface area (Å²) in [6.45, 7) is 2.08. The average Bonchev–Trinajstić information content (AvgIpc) is 3.04. The van der Waals surface area contributed by atoms with Crippen LogP contribution in [0.2, 0.25) is 0 Å². The van der Waals surface area contributed by atoms with Gasteiger partial charge >= 0.3 is 0 Å². The van der Waals surface area contributed by atoms with Gasteiger partial charge in [0.05, 0.1) is 13.1 Å². The number of hydrogen-bond donors (Lipinski definition) is 1. The van der Waals surface area contributed by atoms with E-state index < -0.39 is 0 Å². The molecule has 0 saturated heterocycles. The zero-order chi connectivity index (χ0) is 13.9. The monoisotopic (exact) mass is 286 g/mol. The molecule has 0 atom stereocenters. The van der Waals surface area contributed by atoms with E-state index in [-0.39, 0.29) is 5.82 Å². The van der Waals surface area contributed by atoms with Crippen LogP contribution in [0.1, 0.15) is 16.0 Å². The molecular weight excluding hydrogens is 271 g/mol. The van der Waals surface area contributed by atoms with Gasteiger partial charge in [-0.1, -0.05) is 17.9 Å². The second-order valence-electron chi connectivity index (χ2n) is 4.71. The summed E-state index contributed by atoms with van der Waals surface area (Å²) in [5.41, 5.74) is 8.68. The number of hydrogen-bond acceptors (Lipinski definition) is 3. The number of anilines is 1. The molecule has 0 spiro atoms. The molecule has 1 aliphatic heterocycles. The number of fused-ring (bicyclic) bond motifs is 1. The van der Waals surface area contributed by atoms with Gasteiger partial charge in [-0.2, -0.15) is 0 Å². The van der Waals surface area contributed by atoms with Crippen molar-refractivity contribution in [1.82, 2.24) is 0 Å². The Labute approximate surface area is 122 Å². The fraction of sp³-hybridized carbons (Fsp3) is 0.250. The van der Waals surface area contributed by atoms with E-state index in [9.17, 15) is 4.39 Å². The Kier molecular flexibility index (Phi) is 3.72. The van der Waals surface area contributed by atoms with Crippen LogP contribution in [0.5, 0.6) is 0 Å². The van der Waals surface area contributed by atoms with Gasteiger partial charge in [0.2, 0.25) is 0 Å². The lowest BCUT2D eigenvalue weighted by molar-refractivity contribution is 0.627. The molecule has 102 valence electrons. The number of benzene rings is 1. The molecule has 3 rings (SSSR count). The maximum Gasteiger partial charge on any atom is 0.125 e. The Balaban J connectivity index is 1.84. The number of nitrogens with zero attached hydrogens (tertiary/aromatic N) is 1. The predicted molar refractivity (Wildman–Crippen MR) is 81.4 cm³/mol. The second-order valence-corrected chi connectivity index (χ2v) is 5.71. The molecule has 2 nitrogen and oxygen atoms in total. The quantitative estimate of drug-likeness (QED) is 0.860. The third-order valence-corrected chi connectivity index (χ3v) is 4.35. The van der Waals surface area contributed by atoms with E-state index in [0.29, 0.717) is 6.54 Å². The molecule has 0 fully saturated rings. The summed E-state index contributed by atoms with van der Waals surface area (Å²) in [4.78, 5) is 3.43. The number of nitrogens with two attached hydrogens (primary N) is 1. The largest absolute Gasteiger partial charge is 0.366 e. The van der Waals surface area contributed by atoms with E-state index in [1.165, 1.54) is 16.5 Å². The van der Waals surface area contributed by atoms with E-state index in [2.05, 4.69) is 16.7 Å². The SMILES string of the molecule is NCC#Cc1ccsc1CN1CCc2ccc(F)cc21. The van der Waals surface area contributed by atoms with Gasteiger partial charge < -0.3 is 10.6 Å². The fourth-order valence-corrected chi connectivity index (χ4v) is 3.32. The van der Waals surface area contributed by atoms with Crippen molar-refractivity contribution in [3.63, 3.8) is 0 Å². The van der Waals surface area contributed by atoms with Gasteiger partial charge in [-0.05, 0) is 35.6 Å². The van der Waals surface area contributed by atoms with Crippen LogP contribution in [-0.2, 0) is 13.0 Å². The minimum absolute atomic E-state index is 0.176. The predicted octanol–water partition coefficient (Wildman–Crippen LogP) is 2.76. The molecule has 2 aromatic rings. The Hall–Kier alpha value is -1.83. The number of thiophene rings is 1. The molecule has 0 bridgehead atoms. The molecule has 0 saturated carbocycles. The van der Waals surface area contributed by atoms with E-state index in [1.54, 1.807) is 17.4 Å². The van der Waals surface area contributed by atoms with Crippen molar-refractivity contribution in [2.75, 3.05) is 18.0 Å². The fourth-order valence-electron chi connectivity index (χ4n) is 2.48. The van der Waals surface area contributed by atoms with Crippen LogP contribution in [0, 0.1) is 17.7 Å². The summed E-state index contributed by atoms with van der Waals surface area (Å²) in [6, 6.07) is 7.06. The normalized spacial score (nSPS) is 13.0. The minimum atomic E-state index is -0.176. The first kappa shape index (κ1) is 13.2. The van der Waals surface area contributed by atoms with Gasteiger partial charge in [0.15, 0.2) is 0 Å². The third kappa shape index (κ3) is 2.55. The highest BCUT2D eigenvalue weighted by molar-refractivity contribution is 7.10. The molecule has 2 heterocycles. The lowest BCUT2D eigenvalue weighted by Gasteiger charge is -2.18. The van der Waals surface area contributed by atoms with Gasteiger partial charge in [0.25, 0.3) is 0 Å². The molecule has 2 N–H and O–H groups in total. The molecule has 0 radical (unpaired) electrons. The van der Waals surface area contributed by atoms with Crippen LogP contribution in [0.15, 0.2) is 29.6 Å². The van der Waals surface area contributed by atoms with Crippen molar-refractivity contribution < 1.29 is 4.39 Å². The van der Waals surface area contributed by atoms with E-state index in [1.807, 2.05) is 17.5 Å². The second kappa shape index (κ2) is 5.66. The van der Waals surface area contributed by atoms with Crippen molar-refractivity contribution in [1.29, 1.82) is 0 Å². The molecule has 4 heteroatoms. The standard InChI is InChI=1S/C16H15FN2S/c17-14-4-3-12-5-8-19(15(12)10-14)11-16-13(2-1-7-18)6-9-20-16/h3-4,6,9-10H,5,7-8,11,18H2. The summed E-state index contributed by atoms with van der Waals surface area (Å²) in [5, 5.41) is 2.04. The van der Waals surface area contributed by atoms with Crippen molar-refractivity contribution in [3.8, 4) is 11.8 Å². The summed E-state index contributed by atoms with van der Waals surface area (Å²) in [5.74, 6) is 5.81. The van der Waals surface area contributed by atoms with Crippen LogP contribution in [0.4, 0.5) is 10.1 Å². The Morgan fingerprint density at radius 1 is 1.35 bits per heavy atom. The summed E-state index contributed by atoms with van der Waals surface area (Å²) < 4.78 is 13.4. The number of halogens is 1. The highest BCUT2D eigenvalue weighted by atomic mass is 32.1. The number of rotatable bonds is 2. The maximum atomic E-state index is 13.4. The Morgan fingerprint density at radius 2 is 2.25 bits per heavy atom. The highest BCUT2D eigenvalue weighted by Crippen LogP contribution is 2.31. The average molecular weight is 286 g/mol. The van der Waals surface area contributed by atoms with Gasteiger partial charge in [-0.3, -0.25) is 0 Å². The maximum absolute atomic E-state index is 13.4. The zero-order valence-corrected chi connectivity index (χ0v) is 11.8. The van der Waals surface area contributed by atoms with Gasteiger partial charge in [-0.15, -0.1) is 11.3 Å². The van der Waals surface area contributed by atoms with Gasteiger partial charge in [-0.25, -0.2) is 4.39 Å². The lowest BCUT2D eigenvalue weighted by Crippen LogP contribution is -2.19. The van der Waals surface area contributed by atoms with Crippen LogP contribution in [0.25, 0.3) is 0 Å². The van der Waals surface area contributed by atoms with Gasteiger partial charge in [0, 0.05) is 22.7 Å². The molecule has 0 unspecified atom stereocenters. The van der Waals surface area contributed by atoms with Crippen molar-refractivity contribution >= 4 is 17.0 Å². The first-order valence-electron chi connectivity index (χ1n) is 6.56. The summed E-state index contributed by atoms with van der Waals surface area (Å²) >= 11 is 1.69. The molecule has 1 aromatic carbocycles. The molecule has 0 aliphatic carbocycles. The van der Waals surface area contributed by atoms with Crippen LogP contribution in [-0.4, -0.2) is 13.1 Å². The van der Waals surface area contributed by atoms with Crippen LogP contribution >= 0.6 is 11.3 Å². The molecule has 0 amide bonds. The van der Waals surface area contributed by atoms with Crippen LogP contribution < -0.4 is 10.6 Å². The van der Waals surface area contributed by atoms with Crippen molar-refractivity contribution in [3.05, 3.63) is 51.5 Å². The van der Waals surface area contributed by atoms with Crippen molar-refractivity contribution in [2.45, 2.75) is 13.0 Å². The first-order valence-corrected chi connectivity index (χ1v) is 7.44. The van der Waals surface area contributed by atoms with Crippen molar-refractivity contribution in [2.24, 2.45) is 5.73 Å². The molecular formula is C16H15FN2S. The van der Waals surface area contributed by atoms with E-state index in [4.69, 9.17) is 5.73 Å². The van der Waals surface area contributed by atoms with E-state index >= 15 is 0 Å². The lowest BCUT2D eigenvalue weighted by atomic mass is 10.1. The molecule has 1 aliphatic rings. The topological polar surface area (TPSA) is 29.3 Å². The first-order chi connectivity index (χ1) is 9.78. The minimum Gasteiger partial charge on any atom is -0.366 e. The Bertz CT molecular complexity index is 681. The zero-order valence-electron chi connectivity index (χ0n) is 11.0. The van der Waals surface area contributed by atoms with Crippen LogP contribution in [0.3, 0.4) is 0 Å². The third-order valence-electron chi connectivity index (χ3n) is 3.44. The Morgan fingerprint density at radius 3 is 3.10 bits per heavy atom.